The average Bonchev–Trinajstić information content (AvgIpc) is 2.46. The summed E-state index contributed by atoms with van der Waals surface area (Å²) in [6, 6.07) is 5.96. The van der Waals surface area contributed by atoms with Gasteiger partial charge in [0.05, 0.1) is 7.11 Å². The highest BCUT2D eigenvalue weighted by Gasteiger charge is 2.24. The Morgan fingerprint density at radius 1 is 1.40 bits per heavy atom. The number of thiocarbonyl (C=S) groups is 1. The van der Waals surface area contributed by atoms with E-state index in [0.29, 0.717) is 0 Å². The van der Waals surface area contributed by atoms with Crippen LogP contribution in [0.3, 0.4) is 0 Å². The maximum atomic E-state index is 11.2. The summed E-state index contributed by atoms with van der Waals surface area (Å²) in [5.41, 5.74) is 7.44. The summed E-state index contributed by atoms with van der Waals surface area (Å²) in [5.74, 6) is 0.659. The first kappa shape index (κ1) is 14.8. The molecule has 20 heavy (non-hydrogen) atoms. The van der Waals surface area contributed by atoms with Gasteiger partial charge in [0, 0.05) is 24.6 Å². The van der Waals surface area contributed by atoms with Gasteiger partial charge in [-0.05, 0) is 43.5 Å². The summed E-state index contributed by atoms with van der Waals surface area (Å²) in [6.07, 6.45) is 1.56. The van der Waals surface area contributed by atoms with Crippen LogP contribution in [0.5, 0.6) is 5.75 Å². The van der Waals surface area contributed by atoms with Crippen molar-refractivity contribution in [1.82, 2.24) is 4.90 Å². The molecule has 4 nitrogen and oxygen atoms in total. The second kappa shape index (κ2) is 6.22. The van der Waals surface area contributed by atoms with Crippen molar-refractivity contribution in [2.45, 2.75) is 19.8 Å². The summed E-state index contributed by atoms with van der Waals surface area (Å²) in [7, 11) is 1.66. The standard InChI is InChI=1S/C15H20N2O2S/c1-10-9-12(3-4-13(10)19-2)15(20)17-7-5-11(6-8-17)14(16)18/h3-4,9,11H,5-8H2,1-2H3,(H2,16,18). The first-order chi connectivity index (χ1) is 9.52. The number of hydrogen-bond acceptors (Lipinski definition) is 3. The molecule has 0 atom stereocenters. The summed E-state index contributed by atoms with van der Waals surface area (Å²) in [4.78, 5) is 14.2. The Morgan fingerprint density at radius 3 is 2.55 bits per heavy atom. The summed E-state index contributed by atoms with van der Waals surface area (Å²) in [6.45, 7) is 3.58. The lowest BCUT2D eigenvalue weighted by atomic mass is 9.96. The number of primary amides is 1. The highest BCUT2D eigenvalue weighted by Crippen LogP contribution is 2.23. The van der Waals surface area contributed by atoms with Crippen molar-refractivity contribution in [3.05, 3.63) is 29.3 Å². The molecule has 0 bridgehead atoms. The highest BCUT2D eigenvalue weighted by molar-refractivity contribution is 7.80. The molecule has 1 aliphatic heterocycles. The number of likely N-dealkylation sites (tertiary alicyclic amines) is 1. The second-order valence-electron chi connectivity index (χ2n) is 5.15. The van der Waals surface area contributed by atoms with Crippen LogP contribution in [-0.4, -0.2) is 36.0 Å². The third kappa shape index (κ3) is 3.10. The van der Waals surface area contributed by atoms with Crippen molar-refractivity contribution < 1.29 is 9.53 Å². The fourth-order valence-corrected chi connectivity index (χ4v) is 2.87. The van der Waals surface area contributed by atoms with E-state index in [2.05, 4.69) is 4.90 Å². The zero-order chi connectivity index (χ0) is 14.7. The fraction of sp³-hybridized carbons (Fsp3) is 0.467. The number of benzene rings is 1. The number of rotatable bonds is 3. The van der Waals surface area contributed by atoms with Crippen LogP contribution in [-0.2, 0) is 4.79 Å². The predicted octanol–water partition coefficient (Wildman–Crippen LogP) is 1.88. The van der Waals surface area contributed by atoms with Crippen LogP contribution < -0.4 is 10.5 Å². The Morgan fingerprint density at radius 2 is 2.05 bits per heavy atom. The molecule has 1 aromatic rings. The molecule has 2 rings (SSSR count). The van der Waals surface area contributed by atoms with E-state index >= 15 is 0 Å². The smallest absolute Gasteiger partial charge is 0.220 e. The first-order valence-corrected chi connectivity index (χ1v) is 7.17. The first-order valence-electron chi connectivity index (χ1n) is 6.76. The molecular formula is C15H20N2O2S. The summed E-state index contributed by atoms with van der Waals surface area (Å²) < 4.78 is 5.26. The minimum absolute atomic E-state index is 0.00773. The lowest BCUT2D eigenvalue weighted by Crippen LogP contribution is -2.41. The molecule has 0 spiro atoms. The number of nitrogens with two attached hydrogens (primary N) is 1. The second-order valence-corrected chi connectivity index (χ2v) is 5.54. The summed E-state index contributed by atoms with van der Waals surface area (Å²) >= 11 is 5.55. The third-order valence-electron chi connectivity index (χ3n) is 3.83. The predicted molar refractivity (Wildman–Crippen MR) is 82.9 cm³/mol. The Labute approximate surface area is 124 Å². The normalized spacial score (nSPS) is 16.0. The Hall–Kier alpha value is -1.62. The largest absolute Gasteiger partial charge is 0.496 e. The molecule has 1 saturated heterocycles. The number of methoxy groups -OCH3 is 1. The number of aryl methyl sites for hydroxylation is 1. The SMILES string of the molecule is COc1ccc(C(=S)N2CCC(C(N)=O)CC2)cc1C. The number of amides is 1. The van der Waals surface area contributed by atoms with Crippen LogP contribution in [0.1, 0.15) is 24.0 Å². The van der Waals surface area contributed by atoms with Gasteiger partial charge in [-0.2, -0.15) is 0 Å². The average molecular weight is 292 g/mol. The zero-order valence-electron chi connectivity index (χ0n) is 11.9. The van der Waals surface area contributed by atoms with Crippen molar-refractivity contribution in [2.75, 3.05) is 20.2 Å². The Balaban J connectivity index is 2.05. The molecular weight excluding hydrogens is 272 g/mol. The van der Waals surface area contributed by atoms with Gasteiger partial charge in [-0.15, -0.1) is 0 Å². The van der Waals surface area contributed by atoms with E-state index in [1.165, 1.54) is 0 Å². The molecule has 0 aromatic heterocycles. The number of ether oxygens (including phenoxy) is 1. The maximum absolute atomic E-state index is 11.2. The van der Waals surface area contributed by atoms with Crippen molar-refractivity contribution in [2.24, 2.45) is 11.7 Å². The van der Waals surface area contributed by atoms with Crippen LogP contribution in [0.4, 0.5) is 0 Å². The van der Waals surface area contributed by atoms with Crippen molar-refractivity contribution in [3.63, 3.8) is 0 Å². The number of carbonyl (C=O) groups excluding carboxylic acids is 1. The van der Waals surface area contributed by atoms with Crippen LogP contribution in [0.2, 0.25) is 0 Å². The molecule has 108 valence electrons. The van der Waals surface area contributed by atoms with Gasteiger partial charge in [0.25, 0.3) is 0 Å². The molecule has 1 fully saturated rings. The zero-order valence-corrected chi connectivity index (χ0v) is 12.7. The molecule has 1 aromatic carbocycles. The minimum Gasteiger partial charge on any atom is -0.496 e. The fourth-order valence-electron chi connectivity index (χ4n) is 2.56. The van der Waals surface area contributed by atoms with E-state index in [0.717, 1.165) is 47.8 Å². The molecule has 0 radical (unpaired) electrons. The van der Waals surface area contributed by atoms with Gasteiger partial charge < -0.3 is 15.4 Å². The van der Waals surface area contributed by atoms with Crippen molar-refractivity contribution >= 4 is 23.1 Å². The van der Waals surface area contributed by atoms with Gasteiger partial charge >= 0.3 is 0 Å². The highest BCUT2D eigenvalue weighted by atomic mass is 32.1. The van der Waals surface area contributed by atoms with Gasteiger partial charge in [0.15, 0.2) is 0 Å². The van der Waals surface area contributed by atoms with Gasteiger partial charge in [0.1, 0.15) is 10.7 Å². The molecule has 0 unspecified atom stereocenters. The lowest BCUT2D eigenvalue weighted by molar-refractivity contribution is -0.122. The van der Waals surface area contributed by atoms with Crippen LogP contribution in [0, 0.1) is 12.8 Å². The molecule has 0 aliphatic carbocycles. The molecule has 0 saturated carbocycles. The minimum atomic E-state index is -0.198. The van der Waals surface area contributed by atoms with Crippen LogP contribution in [0.25, 0.3) is 0 Å². The van der Waals surface area contributed by atoms with E-state index in [1.807, 2.05) is 25.1 Å². The molecule has 1 aliphatic rings. The number of hydrogen-bond donors (Lipinski definition) is 1. The molecule has 1 amide bonds. The van der Waals surface area contributed by atoms with Gasteiger partial charge in [-0.3, -0.25) is 4.79 Å². The maximum Gasteiger partial charge on any atom is 0.220 e. The van der Waals surface area contributed by atoms with E-state index in [1.54, 1.807) is 7.11 Å². The number of carbonyl (C=O) groups is 1. The van der Waals surface area contributed by atoms with Crippen molar-refractivity contribution in [3.8, 4) is 5.75 Å². The van der Waals surface area contributed by atoms with Crippen LogP contribution in [0.15, 0.2) is 18.2 Å². The number of piperidine rings is 1. The van der Waals surface area contributed by atoms with Crippen molar-refractivity contribution in [1.29, 1.82) is 0 Å². The Bertz CT molecular complexity index is 523. The molecule has 5 heteroatoms. The monoisotopic (exact) mass is 292 g/mol. The van der Waals surface area contributed by atoms with Gasteiger partial charge in [0.2, 0.25) is 5.91 Å². The lowest BCUT2D eigenvalue weighted by Gasteiger charge is -2.32. The van der Waals surface area contributed by atoms with E-state index in [4.69, 9.17) is 22.7 Å². The quantitative estimate of drug-likeness (QED) is 0.864. The van der Waals surface area contributed by atoms with E-state index < -0.39 is 0 Å². The van der Waals surface area contributed by atoms with Gasteiger partial charge in [-0.1, -0.05) is 12.2 Å². The summed E-state index contributed by atoms with van der Waals surface area (Å²) in [5, 5.41) is 0. The van der Waals surface area contributed by atoms with E-state index in [-0.39, 0.29) is 11.8 Å². The van der Waals surface area contributed by atoms with Gasteiger partial charge in [-0.25, -0.2) is 0 Å². The topological polar surface area (TPSA) is 55.6 Å². The van der Waals surface area contributed by atoms with E-state index in [9.17, 15) is 4.79 Å². The molecule has 2 N–H and O–H groups in total. The molecule has 1 heterocycles. The third-order valence-corrected chi connectivity index (χ3v) is 4.32. The number of nitrogens with zero attached hydrogens (tertiary/aromatic N) is 1. The van der Waals surface area contributed by atoms with Crippen LogP contribution >= 0.6 is 12.2 Å². The Kier molecular flexibility index (Phi) is 4.60.